The number of hydrogen-bond acceptors (Lipinski definition) is 3. The van der Waals surface area contributed by atoms with Gasteiger partial charge in [-0.05, 0) is 42.9 Å². The highest BCUT2D eigenvalue weighted by molar-refractivity contribution is 5.32. The molecule has 1 aromatic rings. The van der Waals surface area contributed by atoms with Crippen molar-refractivity contribution >= 4 is 0 Å². The monoisotopic (exact) mass is 249 g/mol. The summed E-state index contributed by atoms with van der Waals surface area (Å²) in [6.07, 6.45) is 3.30. The Hall–Kier alpha value is -1.06. The molecule has 18 heavy (non-hydrogen) atoms. The number of aliphatic hydroxyl groups excluding tert-OH is 1. The van der Waals surface area contributed by atoms with Crippen LogP contribution in [0.15, 0.2) is 24.3 Å². The molecule has 0 saturated heterocycles. The molecule has 2 N–H and O–H groups in total. The summed E-state index contributed by atoms with van der Waals surface area (Å²) in [6, 6.07) is 9.14. The van der Waals surface area contributed by atoms with Crippen LogP contribution in [-0.4, -0.2) is 30.9 Å². The zero-order valence-electron chi connectivity index (χ0n) is 11.2. The summed E-state index contributed by atoms with van der Waals surface area (Å²) in [7, 11) is 1.71. The second-order valence-corrected chi connectivity index (χ2v) is 5.10. The van der Waals surface area contributed by atoms with Gasteiger partial charge >= 0.3 is 0 Å². The van der Waals surface area contributed by atoms with Crippen molar-refractivity contribution in [2.45, 2.75) is 44.2 Å². The molecule has 1 fully saturated rings. The van der Waals surface area contributed by atoms with Crippen LogP contribution in [0.2, 0.25) is 0 Å². The van der Waals surface area contributed by atoms with Crippen LogP contribution in [0.1, 0.15) is 37.7 Å². The molecule has 1 unspecified atom stereocenters. The van der Waals surface area contributed by atoms with Gasteiger partial charge in [-0.1, -0.05) is 19.1 Å². The van der Waals surface area contributed by atoms with Crippen LogP contribution in [0.4, 0.5) is 0 Å². The molecule has 1 saturated carbocycles. The smallest absolute Gasteiger partial charge is 0.119 e. The van der Waals surface area contributed by atoms with Crippen molar-refractivity contribution in [1.29, 1.82) is 0 Å². The van der Waals surface area contributed by atoms with Crippen LogP contribution in [-0.2, 0) is 0 Å². The molecule has 3 nitrogen and oxygen atoms in total. The largest absolute Gasteiger partial charge is 0.497 e. The molecule has 0 radical (unpaired) electrons. The van der Waals surface area contributed by atoms with E-state index in [9.17, 15) is 0 Å². The van der Waals surface area contributed by atoms with E-state index >= 15 is 0 Å². The van der Waals surface area contributed by atoms with E-state index < -0.39 is 0 Å². The Morgan fingerprint density at radius 3 is 2.83 bits per heavy atom. The fourth-order valence-corrected chi connectivity index (χ4v) is 2.55. The van der Waals surface area contributed by atoms with E-state index in [1.807, 2.05) is 6.07 Å². The zero-order chi connectivity index (χ0) is 13.0. The average Bonchev–Trinajstić information content (AvgIpc) is 2.38. The molecule has 0 bridgehead atoms. The van der Waals surface area contributed by atoms with Crippen LogP contribution < -0.4 is 10.1 Å². The van der Waals surface area contributed by atoms with Crippen molar-refractivity contribution in [3.05, 3.63) is 29.8 Å². The van der Waals surface area contributed by atoms with Gasteiger partial charge in [0, 0.05) is 12.1 Å². The van der Waals surface area contributed by atoms with E-state index in [0.717, 1.165) is 25.0 Å². The Morgan fingerprint density at radius 2 is 2.22 bits per heavy atom. The van der Waals surface area contributed by atoms with Crippen molar-refractivity contribution in [2.75, 3.05) is 13.7 Å². The Balaban J connectivity index is 1.84. The number of hydrogen-bond donors (Lipinski definition) is 2. The van der Waals surface area contributed by atoms with Gasteiger partial charge in [-0.15, -0.1) is 0 Å². The van der Waals surface area contributed by atoms with Gasteiger partial charge in [0.25, 0.3) is 0 Å². The summed E-state index contributed by atoms with van der Waals surface area (Å²) in [6.45, 7) is 2.34. The van der Waals surface area contributed by atoms with Crippen LogP contribution in [0.25, 0.3) is 0 Å². The molecule has 0 aromatic heterocycles. The van der Waals surface area contributed by atoms with E-state index in [1.54, 1.807) is 7.11 Å². The number of benzene rings is 1. The van der Waals surface area contributed by atoms with Crippen molar-refractivity contribution in [1.82, 2.24) is 5.32 Å². The summed E-state index contributed by atoms with van der Waals surface area (Å²) >= 11 is 0. The summed E-state index contributed by atoms with van der Waals surface area (Å²) in [5.41, 5.74) is 1.37. The molecule has 1 aliphatic rings. The predicted octanol–water partition coefficient (Wildman–Crippen LogP) is 2.30. The second kappa shape index (κ2) is 6.21. The molecule has 0 spiro atoms. The first-order valence-electron chi connectivity index (χ1n) is 6.77. The third kappa shape index (κ3) is 3.03. The average molecular weight is 249 g/mol. The first kappa shape index (κ1) is 13.4. The fraction of sp³-hybridized carbons (Fsp3) is 0.600. The third-order valence-corrected chi connectivity index (χ3v) is 3.89. The van der Waals surface area contributed by atoms with Gasteiger partial charge in [0.2, 0.25) is 0 Å². The highest BCUT2D eigenvalue weighted by Gasteiger charge is 2.31. The first-order chi connectivity index (χ1) is 8.76. The maximum atomic E-state index is 9.17. The Kier molecular flexibility index (Phi) is 4.61. The maximum absolute atomic E-state index is 9.17. The highest BCUT2D eigenvalue weighted by Crippen LogP contribution is 2.38. The van der Waals surface area contributed by atoms with Crippen molar-refractivity contribution in [2.24, 2.45) is 0 Å². The lowest BCUT2D eigenvalue weighted by Crippen LogP contribution is -2.46. The molecule has 1 aliphatic carbocycles. The zero-order valence-corrected chi connectivity index (χ0v) is 11.2. The second-order valence-electron chi connectivity index (χ2n) is 5.10. The molecular formula is C15H23NO2. The van der Waals surface area contributed by atoms with E-state index in [2.05, 4.69) is 30.4 Å². The standard InChI is InChI=1S/C15H23NO2/c1-3-13(10-17)16-14-7-12(8-14)11-5-4-6-15(9-11)18-2/h4-6,9,12-14,16-17H,3,7-8,10H2,1-2H3. The number of aliphatic hydroxyl groups is 1. The molecule has 2 rings (SSSR count). The fourth-order valence-electron chi connectivity index (χ4n) is 2.55. The quantitative estimate of drug-likeness (QED) is 0.813. The van der Waals surface area contributed by atoms with E-state index in [1.165, 1.54) is 5.56 Å². The maximum Gasteiger partial charge on any atom is 0.119 e. The molecule has 1 atom stereocenters. The Bertz CT molecular complexity index is 371. The SMILES string of the molecule is CCC(CO)NC1CC(c2cccc(OC)c2)C1. The van der Waals surface area contributed by atoms with Crippen LogP contribution in [0.3, 0.4) is 0 Å². The lowest BCUT2D eigenvalue weighted by atomic mass is 9.75. The van der Waals surface area contributed by atoms with Gasteiger partial charge in [0.05, 0.1) is 13.7 Å². The number of ether oxygens (including phenoxy) is 1. The molecule has 3 heteroatoms. The minimum absolute atomic E-state index is 0.233. The van der Waals surface area contributed by atoms with Crippen molar-refractivity contribution in [3.63, 3.8) is 0 Å². The summed E-state index contributed by atoms with van der Waals surface area (Å²) in [4.78, 5) is 0. The topological polar surface area (TPSA) is 41.5 Å². The molecule has 0 heterocycles. The Morgan fingerprint density at radius 1 is 1.44 bits per heavy atom. The molecular weight excluding hydrogens is 226 g/mol. The number of rotatable bonds is 6. The summed E-state index contributed by atoms with van der Waals surface area (Å²) < 4.78 is 5.25. The predicted molar refractivity (Wildman–Crippen MR) is 73.1 cm³/mol. The van der Waals surface area contributed by atoms with Crippen molar-refractivity contribution in [3.8, 4) is 5.75 Å². The van der Waals surface area contributed by atoms with Crippen LogP contribution >= 0.6 is 0 Å². The van der Waals surface area contributed by atoms with Crippen LogP contribution in [0, 0.1) is 0 Å². The minimum Gasteiger partial charge on any atom is -0.497 e. The lowest BCUT2D eigenvalue weighted by Gasteiger charge is -2.38. The van der Waals surface area contributed by atoms with Gasteiger partial charge in [-0.25, -0.2) is 0 Å². The molecule has 1 aromatic carbocycles. The number of nitrogens with one attached hydrogen (secondary N) is 1. The van der Waals surface area contributed by atoms with Gasteiger partial charge in [-0.3, -0.25) is 0 Å². The normalized spacial score (nSPS) is 24.4. The van der Waals surface area contributed by atoms with Gasteiger partial charge in [0.15, 0.2) is 0 Å². The highest BCUT2D eigenvalue weighted by atomic mass is 16.5. The summed E-state index contributed by atoms with van der Waals surface area (Å²) in [5.74, 6) is 1.57. The Labute approximate surface area is 109 Å². The van der Waals surface area contributed by atoms with Gasteiger partial charge in [0.1, 0.15) is 5.75 Å². The lowest BCUT2D eigenvalue weighted by molar-refractivity contribution is 0.193. The minimum atomic E-state index is 0.233. The first-order valence-corrected chi connectivity index (χ1v) is 6.77. The van der Waals surface area contributed by atoms with Crippen molar-refractivity contribution < 1.29 is 9.84 Å². The van der Waals surface area contributed by atoms with Gasteiger partial charge < -0.3 is 15.2 Å². The van der Waals surface area contributed by atoms with Crippen LogP contribution in [0.5, 0.6) is 5.75 Å². The third-order valence-electron chi connectivity index (χ3n) is 3.89. The van der Waals surface area contributed by atoms with Gasteiger partial charge in [-0.2, -0.15) is 0 Å². The van der Waals surface area contributed by atoms with E-state index in [4.69, 9.17) is 9.84 Å². The molecule has 100 valence electrons. The van der Waals surface area contributed by atoms with E-state index in [0.29, 0.717) is 12.0 Å². The molecule has 0 aliphatic heterocycles. The number of methoxy groups -OCH3 is 1. The van der Waals surface area contributed by atoms with E-state index in [-0.39, 0.29) is 12.6 Å². The summed E-state index contributed by atoms with van der Waals surface area (Å²) in [5, 5.41) is 12.7. The molecule has 0 amide bonds.